The first-order chi connectivity index (χ1) is 14.5. The molecule has 1 aromatic carbocycles. The molecule has 30 heavy (non-hydrogen) atoms. The minimum atomic E-state index is -0.360. The molecule has 6 nitrogen and oxygen atoms in total. The van der Waals surface area contributed by atoms with Gasteiger partial charge in [-0.05, 0) is 56.1 Å². The van der Waals surface area contributed by atoms with Crippen LogP contribution < -0.4 is 0 Å². The minimum Gasteiger partial charge on any atom is -0.468 e. The molecular formula is C23H30N4O2S. The third-order valence-electron chi connectivity index (χ3n) is 4.56. The highest BCUT2D eigenvalue weighted by Crippen LogP contribution is 2.26. The van der Waals surface area contributed by atoms with Crippen LogP contribution in [-0.2, 0) is 16.1 Å². The molecule has 3 rings (SSSR count). The average molecular weight is 427 g/mol. The monoisotopic (exact) mass is 426 g/mol. The van der Waals surface area contributed by atoms with Crippen molar-refractivity contribution in [2.24, 2.45) is 0 Å². The van der Waals surface area contributed by atoms with Crippen LogP contribution in [0.1, 0.15) is 31.7 Å². The Bertz CT molecular complexity index is 969. The second-order valence-electron chi connectivity index (χ2n) is 6.45. The third kappa shape index (κ3) is 5.70. The number of esters is 1. The largest absolute Gasteiger partial charge is 0.468 e. The van der Waals surface area contributed by atoms with E-state index in [-0.39, 0.29) is 12.0 Å². The number of carbonyl (C=O) groups is 1. The first-order valence-electron chi connectivity index (χ1n) is 9.98. The Morgan fingerprint density at radius 2 is 2.00 bits per heavy atom. The molecule has 0 saturated carbocycles. The zero-order chi connectivity index (χ0) is 22.1. The Hall–Kier alpha value is -2.64. The molecule has 0 N–H and O–H groups in total. The summed E-state index contributed by atoms with van der Waals surface area (Å²) in [6.07, 6.45) is 5.84. The fraction of sp³-hybridized carbons (Fsp3) is 0.348. The van der Waals surface area contributed by atoms with Crippen molar-refractivity contribution >= 4 is 29.0 Å². The fourth-order valence-corrected chi connectivity index (χ4v) is 3.95. The number of hydrogen-bond acceptors (Lipinski definition) is 6. The van der Waals surface area contributed by atoms with Gasteiger partial charge in [-0.15, -0.1) is 6.58 Å². The van der Waals surface area contributed by atoms with Crippen LogP contribution in [-0.4, -0.2) is 45.0 Å². The minimum absolute atomic E-state index is 0.261. The second kappa shape index (κ2) is 11.5. The van der Waals surface area contributed by atoms with E-state index in [1.165, 1.54) is 24.6 Å². The molecule has 0 aliphatic heterocycles. The molecule has 0 radical (unpaired) electrons. The van der Waals surface area contributed by atoms with Gasteiger partial charge in [-0.3, -0.25) is 9.78 Å². The van der Waals surface area contributed by atoms with Gasteiger partial charge in [-0.25, -0.2) is 9.29 Å². The van der Waals surface area contributed by atoms with Gasteiger partial charge in [0.05, 0.1) is 18.8 Å². The predicted octanol–water partition coefficient (Wildman–Crippen LogP) is 4.87. The SMILES string of the molecule is C=CCC(C(=O)OC)N(C)Sc1ccc(Cn2c(C)nc3cnccc32)cc1.CC. The summed E-state index contributed by atoms with van der Waals surface area (Å²) in [7, 11) is 3.29. The van der Waals surface area contributed by atoms with Crippen LogP contribution in [0.25, 0.3) is 11.0 Å². The van der Waals surface area contributed by atoms with E-state index in [9.17, 15) is 4.79 Å². The highest BCUT2D eigenvalue weighted by Gasteiger charge is 2.23. The molecule has 0 fully saturated rings. The van der Waals surface area contributed by atoms with Gasteiger partial charge in [0.25, 0.3) is 0 Å². The summed E-state index contributed by atoms with van der Waals surface area (Å²) >= 11 is 1.52. The van der Waals surface area contributed by atoms with Gasteiger partial charge in [0.15, 0.2) is 0 Å². The third-order valence-corrected chi connectivity index (χ3v) is 5.58. The fourth-order valence-electron chi connectivity index (χ4n) is 3.06. The molecule has 0 amide bonds. The topological polar surface area (TPSA) is 60.2 Å². The van der Waals surface area contributed by atoms with Gasteiger partial charge in [-0.2, -0.15) is 0 Å². The number of methoxy groups -OCH3 is 1. The van der Waals surface area contributed by atoms with Crippen molar-refractivity contribution in [1.29, 1.82) is 0 Å². The lowest BCUT2D eigenvalue weighted by Gasteiger charge is -2.23. The number of hydrogen-bond donors (Lipinski definition) is 0. The number of rotatable bonds is 8. The van der Waals surface area contributed by atoms with Crippen LogP contribution in [0, 0.1) is 6.92 Å². The maximum absolute atomic E-state index is 12.0. The van der Waals surface area contributed by atoms with E-state index in [2.05, 4.69) is 45.4 Å². The molecule has 3 aromatic rings. The molecule has 0 saturated heterocycles. The van der Waals surface area contributed by atoms with Gasteiger partial charge in [0, 0.05) is 17.6 Å². The summed E-state index contributed by atoms with van der Waals surface area (Å²) in [4.78, 5) is 21.7. The highest BCUT2D eigenvalue weighted by molar-refractivity contribution is 7.97. The van der Waals surface area contributed by atoms with Crippen LogP contribution in [0.3, 0.4) is 0 Å². The Labute approximate surface area is 183 Å². The van der Waals surface area contributed by atoms with Crippen molar-refractivity contribution in [3.05, 3.63) is 66.8 Å². The lowest BCUT2D eigenvalue weighted by molar-refractivity contribution is -0.144. The molecule has 0 spiro atoms. The van der Waals surface area contributed by atoms with E-state index in [0.717, 1.165) is 28.3 Å². The average Bonchev–Trinajstić information content (AvgIpc) is 3.09. The summed E-state index contributed by atoms with van der Waals surface area (Å²) in [5.41, 5.74) is 3.17. The van der Waals surface area contributed by atoms with E-state index in [1.807, 2.05) is 38.2 Å². The van der Waals surface area contributed by atoms with Gasteiger partial charge in [0.1, 0.15) is 17.4 Å². The number of aromatic nitrogens is 3. The second-order valence-corrected chi connectivity index (χ2v) is 7.68. The van der Waals surface area contributed by atoms with Crippen LogP contribution in [0.4, 0.5) is 0 Å². The van der Waals surface area contributed by atoms with Gasteiger partial charge in [0.2, 0.25) is 0 Å². The molecule has 2 heterocycles. The van der Waals surface area contributed by atoms with Crippen molar-refractivity contribution in [3.63, 3.8) is 0 Å². The maximum atomic E-state index is 12.0. The molecule has 0 aliphatic carbocycles. The van der Waals surface area contributed by atoms with Gasteiger partial charge >= 0.3 is 5.97 Å². The molecule has 160 valence electrons. The molecular weight excluding hydrogens is 396 g/mol. The Morgan fingerprint density at radius 1 is 1.30 bits per heavy atom. The van der Waals surface area contributed by atoms with Crippen molar-refractivity contribution in [3.8, 4) is 0 Å². The summed E-state index contributed by atoms with van der Waals surface area (Å²) < 4.78 is 8.98. The standard InChI is InChI=1S/C21H24N4O2S.C2H6/c1-5-6-20(21(26)27-4)24(3)28-17-9-7-16(8-10-17)14-25-15(2)23-18-13-22-12-11-19(18)25;1-2/h5,7-13,20H,1,6,14H2,2-4H3;1-2H3. The predicted molar refractivity (Wildman–Crippen MR) is 123 cm³/mol. The van der Waals surface area contributed by atoms with E-state index in [0.29, 0.717) is 6.42 Å². The number of pyridine rings is 1. The van der Waals surface area contributed by atoms with E-state index >= 15 is 0 Å². The molecule has 2 aromatic heterocycles. The molecule has 7 heteroatoms. The van der Waals surface area contributed by atoms with E-state index < -0.39 is 0 Å². The quantitative estimate of drug-likeness (QED) is 0.291. The number of carbonyl (C=O) groups excluding carboxylic acids is 1. The zero-order valence-corrected chi connectivity index (χ0v) is 19.1. The molecule has 1 unspecified atom stereocenters. The first kappa shape index (κ1) is 23.6. The number of nitrogens with zero attached hydrogens (tertiary/aromatic N) is 4. The lowest BCUT2D eigenvalue weighted by Crippen LogP contribution is -2.34. The van der Waals surface area contributed by atoms with Crippen molar-refractivity contribution in [2.45, 2.75) is 44.7 Å². The zero-order valence-electron chi connectivity index (χ0n) is 18.3. The summed E-state index contributed by atoms with van der Waals surface area (Å²) in [6, 6.07) is 9.96. The van der Waals surface area contributed by atoms with Gasteiger partial charge < -0.3 is 9.30 Å². The maximum Gasteiger partial charge on any atom is 0.324 e. The van der Waals surface area contributed by atoms with E-state index in [4.69, 9.17) is 4.74 Å². The van der Waals surface area contributed by atoms with Crippen LogP contribution in [0.15, 0.2) is 60.3 Å². The molecule has 1 atom stereocenters. The highest BCUT2D eigenvalue weighted by atomic mass is 32.2. The smallest absolute Gasteiger partial charge is 0.324 e. The number of likely N-dealkylation sites (N-methyl/N-ethyl adjacent to an activating group) is 1. The van der Waals surface area contributed by atoms with Crippen molar-refractivity contribution < 1.29 is 9.53 Å². The van der Waals surface area contributed by atoms with Crippen LogP contribution in [0.2, 0.25) is 0 Å². The summed E-state index contributed by atoms with van der Waals surface area (Å²) in [5.74, 6) is 0.704. The molecule has 0 aliphatic rings. The van der Waals surface area contributed by atoms with E-state index in [1.54, 1.807) is 18.5 Å². The Balaban J connectivity index is 0.00000155. The Kier molecular flexibility index (Phi) is 9.08. The number of aryl methyl sites for hydroxylation is 1. The Morgan fingerprint density at radius 3 is 2.63 bits per heavy atom. The number of imidazole rings is 1. The van der Waals surface area contributed by atoms with Crippen molar-refractivity contribution in [2.75, 3.05) is 14.2 Å². The van der Waals surface area contributed by atoms with Crippen LogP contribution in [0.5, 0.6) is 0 Å². The summed E-state index contributed by atoms with van der Waals surface area (Å²) in [5, 5.41) is 0. The lowest BCUT2D eigenvalue weighted by atomic mass is 10.2. The van der Waals surface area contributed by atoms with Crippen molar-refractivity contribution in [1.82, 2.24) is 18.8 Å². The van der Waals surface area contributed by atoms with Crippen LogP contribution >= 0.6 is 11.9 Å². The summed E-state index contributed by atoms with van der Waals surface area (Å²) in [6.45, 7) is 10.5. The normalized spacial score (nSPS) is 11.7. The number of benzene rings is 1. The first-order valence-corrected chi connectivity index (χ1v) is 10.8. The number of fused-ring (bicyclic) bond motifs is 1. The number of ether oxygens (including phenoxy) is 1. The van der Waals surface area contributed by atoms with Gasteiger partial charge in [-0.1, -0.05) is 32.1 Å². The molecule has 0 bridgehead atoms.